The number of nitrogens with one attached hydrogen (secondary N) is 1. The predicted molar refractivity (Wildman–Crippen MR) is 110 cm³/mol. The van der Waals surface area contributed by atoms with Crippen LogP contribution in [-0.4, -0.2) is 73.9 Å². The first-order valence-corrected chi connectivity index (χ1v) is 11.3. The Balaban J connectivity index is 1.78. The second-order valence-corrected chi connectivity index (χ2v) is 11.0. The minimum absolute atomic E-state index is 0.111. The highest BCUT2D eigenvalue weighted by Crippen LogP contribution is 2.27. The Morgan fingerprint density at radius 3 is 2.50 bits per heavy atom. The maximum Gasteiger partial charge on any atom is 0.318 e. The van der Waals surface area contributed by atoms with Gasteiger partial charge in [-0.05, 0) is 71.0 Å². The maximum atomic E-state index is 13.1. The van der Waals surface area contributed by atoms with Gasteiger partial charge in [-0.1, -0.05) is 6.07 Å². The van der Waals surface area contributed by atoms with Crippen molar-refractivity contribution in [2.24, 2.45) is 0 Å². The van der Waals surface area contributed by atoms with E-state index in [1.54, 1.807) is 21.3 Å². The number of benzene rings is 1. The molecule has 1 atom stereocenters. The van der Waals surface area contributed by atoms with E-state index >= 15 is 0 Å². The van der Waals surface area contributed by atoms with Crippen molar-refractivity contribution < 1.29 is 13.2 Å². The molecule has 1 N–H and O–H groups in total. The first-order chi connectivity index (χ1) is 13.0. The summed E-state index contributed by atoms with van der Waals surface area (Å²) in [5, 5.41) is 2.98. The monoisotopic (exact) mass is 408 g/mol. The highest BCUT2D eigenvalue weighted by molar-refractivity contribution is 7.89. The van der Waals surface area contributed by atoms with Crippen LogP contribution in [-0.2, 0) is 23.0 Å². The Morgan fingerprint density at radius 2 is 1.89 bits per heavy atom. The summed E-state index contributed by atoms with van der Waals surface area (Å²) in [7, 11) is 0.449. The number of hydrogen-bond donors (Lipinski definition) is 1. The molecule has 1 saturated heterocycles. The van der Waals surface area contributed by atoms with Crippen molar-refractivity contribution in [1.29, 1.82) is 0 Å². The number of sulfonamides is 1. The van der Waals surface area contributed by atoms with Crippen LogP contribution < -0.4 is 5.32 Å². The van der Waals surface area contributed by atoms with Gasteiger partial charge in [0.25, 0.3) is 0 Å². The molecule has 0 aliphatic carbocycles. The molecule has 0 aromatic heterocycles. The van der Waals surface area contributed by atoms with Crippen LogP contribution in [0.5, 0.6) is 0 Å². The fraction of sp³-hybridized carbons (Fsp3) is 0.650. The lowest BCUT2D eigenvalue weighted by molar-refractivity contribution is 0.183. The van der Waals surface area contributed by atoms with Crippen LogP contribution in [0.15, 0.2) is 23.1 Å². The van der Waals surface area contributed by atoms with Crippen LogP contribution >= 0.6 is 0 Å². The van der Waals surface area contributed by atoms with Crippen molar-refractivity contribution in [3.63, 3.8) is 0 Å². The second-order valence-electron chi connectivity index (χ2n) is 9.05. The minimum atomic E-state index is -3.52. The molecule has 3 rings (SSSR count). The summed E-state index contributed by atoms with van der Waals surface area (Å²) in [6, 6.07) is 5.51. The molecule has 0 saturated carbocycles. The van der Waals surface area contributed by atoms with Crippen molar-refractivity contribution in [3.8, 4) is 0 Å². The molecule has 2 aliphatic heterocycles. The number of carbonyl (C=O) groups excluding carboxylic acids is 1. The number of likely N-dealkylation sites (N-methyl/N-ethyl adjacent to an activating group) is 1. The lowest BCUT2D eigenvalue weighted by atomic mass is 10.00. The molecular weight excluding hydrogens is 376 g/mol. The van der Waals surface area contributed by atoms with Gasteiger partial charge in [0, 0.05) is 37.8 Å². The quantitative estimate of drug-likeness (QED) is 0.829. The molecule has 2 heterocycles. The van der Waals surface area contributed by atoms with E-state index in [-0.39, 0.29) is 17.6 Å². The Labute approximate surface area is 168 Å². The summed E-state index contributed by atoms with van der Waals surface area (Å²) in [6.45, 7) is 7.98. The average Bonchev–Trinajstić information content (AvgIpc) is 3.10. The summed E-state index contributed by atoms with van der Waals surface area (Å²) < 4.78 is 27.8. The SMILES string of the molecule is CN(C)[C@H]1CCN(S(=O)(=O)c2ccc3c(c2)CN(C(=O)NC(C)(C)C)CC3)C1. The van der Waals surface area contributed by atoms with Crippen LogP contribution in [0.4, 0.5) is 4.79 Å². The first-order valence-electron chi connectivity index (χ1n) is 9.83. The van der Waals surface area contributed by atoms with Crippen molar-refractivity contribution >= 4 is 16.1 Å². The van der Waals surface area contributed by atoms with Crippen LogP contribution in [0, 0.1) is 0 Å². The van der Waals surface area contributed by atoms with Crippen molar-refractivity contribution in [2.45, 2.75) is 56.6 Å². The predicted octanol–water partition coefficient (Wildman–Crippen LogP) is 1.88. The third-order valence-corrected chi connectivity index (χ3v) is 7.31. The number of fused-ring (bicyclic) bond motifs is 1. The van der Waals surface area contributed by atoms with Crippen LogP contribution in [0.1, 0.15) is 38.3 Å². The second kappa shape index (κ2) is 7.65. The third kappa shape index (κ3) is 4.50. The molecule has 156 valence electrons. The van der Waals surface area contributed by atoms with Gasteiger partial charge in [0.1, 0.15) is 0 Å². The summed E-state index contributed by atoms with van der Waals surface area (Å²) >= 11 is 0. The van der Waals surface area contributed by atoms with Gasteiger partial charge in [-0.3, -0.25) is 0 Å². The fourth-order valence-corrected chi connectivity index (χ4v) is 5.31. The van der Waals surface area contributed by atoms with Gasteiger partial charge in [0.2, 0.25) is 10.0 Å². The van der Waals surface area contributed by atoms with Crippen molar-refractivity contribution in [3.05, 3.63) is 29.3 Å². The molecule has 1 aromatic rings. The molecule has 28 heavy (non-hydrogen) atoms. The molecule has 0 unspecified atom stereocenters. The van der Waals surface area contributed by atoms with E-state index in [9.17, 15) is 13.2 Å². The van der Waals surface area contributed by atoms with E-state index in [4.69, 9.17) is 0 Å². The molecule has 0 spiro atoms. The Kier molecular flexibility index (Phi) is 5.76. The molecule has 7 nitrogen and oxygen atoms in total. The molecule has 2 amide bonds. The highest BCUT2D eigenvalue weighted by Gasteiger charge is 2.34. The van der Waals surface area contributed by atoms with Gasteiger partial charge in [-0.15, -0.1) is 0 Å². The van der Waals surface area contributed by atoms with Gasteiger partial charge >= 0.3 is 6.03 Å². The number of hydrogen-bond acceptors (Lipinski definition) is 4. The summed E-state index contributed by atoms with van der Waals surface area (Å²) in [5.41, 5.74) is 1.73. The smallest absolute Gasteiger partial charge is 0.318 e. The van der Waals surface area contributed by atoms with Crippen LogP contribution in [0.25, 0.3) is 0 Å². The molecular formula is C20H32N4O3S. The average molecular weight is 409 g/mol. The zero-order chi connectivity index (χ0) is 20.7. The molecule has 0 radical (unpaired) electrons. The van der Waals surface area contributed by atoms with Gasteiger partial charge < -0.3 is 15.1 Å². The van der Waals surface area contributed by atoms with E-state index in [1.165, 1.54) is 0 Å². The van der Waals surface area contributed by atoms with E-state index < -0.39 is 10.0 Å². The Morgan fingerprint density at radius 1 is 1.18 bits per heavy atom. The third-order valence-electron chi connectivity index (χ3n) is 5.45. The van der Waals surface area contributed by atoms with Crippen molar-refractivity contribution in [1.82, 2.24) is 19.4 Å². The standard InChI is InChI=1S/C20H32N4O3S/c1-20(2,3)21-19(25)23-10-8-15-6-7-18(12-16(15)13-23)28(26,27)24-11-9-17(14-24)22(4)5/h6-7,12,17H,8-11,13-14H2,1-5H3,(H,21,25)/t17-/m0/s1. The largest absolute Gasteiger partial charge is 0.333 e. The van der Waals surface area contributed by atoms with E-state index in [0.717, 1.165) is 24.0 Å². The van der Waals surface area contributed by atoms with E-state index in [1.807, 2.05) is 40.9 Å². The molecule has 0 bridgehead atoms. The Hall–Kier alpha value is -1.64. The van der Waals surface area contributed by atoms with E-state index in [2.05, 4.69) is 10.2 Å². The number of rotatable bonds is 3. The van der Waals surface area contributed by atoms with Crippen molar-refractivity contribution in [2.75, 3.05) is 33.7 Å². The topological polar surface area (TPSA) is 73.0 Å². The number of amides is 2. The number of carbonyl (C=O) groups is 1. The molecule has 1 aromatic carbocycles. The fourth-order valence-electron chi connectivity index (χ4n) is 3.77. The molecule has 1 fully saturated rings. The van der Waals surface area contributed by atoms with E-state index in [0.29, 0.717) is 31.1 Å². The number of urea groups is 1. The molecule has 8 heteroatoms. The van der Waals surface area contributed by atoms with Crippen LogP contribution in [0.2, 0.25) is 0 Å². The summed E-state index contributed by atoms with van der Waals surface area (Å²) in [6.07, 6.45) is 1.58. The van der Waals surface area contributed by atoms with Crippen LogP contribution in [0.3, 0.4) is 0 Å². The summed E-state index contributed by atoms with van der Waals surface area (Å²) in [4.78, 5) is 16.7. The first kappa shape index (κ1) is 21.1. The summed E-state index contributed by atoms with van der Waals surface area (Å²) in [5.74, 6) is 0. The van der Waals surface area contributed by atoms with Gasteiger partial charge in [-0.2, -0.15) is 4.31 Å². The lowest BCUT2D eigenvalue weighted by Crippen LogP contribution is -2.49. The van der Waals surface area contributed by atoms with Gasteiger partial charge in [-0.25, -0.2) is 13.2 Å². The minimum Gasteiger partial charge on any atom is -0.333 e. The highest BCUT2D eigenvalue weighted by atomic mass is 32.2. The maximum absolute atomic E-state index is 13.1. The zero-order valence-corrected chi connectivity index (χ0v) is 18.3. The number of nitrogens with zero attached hydrogens (tertiary/aromatic N) is 3. The Bertz CT molecular complexity index is 845. The molecule has 2 aliphatic rings. The van der Waals surface area contributed by atoms with Gasteiger partial charge in [0.05, 0.1) is 4.90 Å². The zero-order valence-electron chi connectivity index (χ0n) is 17.5. The lowest BCUT2D eigenvalue weighted by Gasteiger charge is -2.32. The normalized spacial score (nSPS) is 21.1. The van der Waals surface area contributed by atoms with Gasteiger partial charge in [0.15, 0.2) is 0 Å².